The third-order valence-electron chi connectivity index (χ3n) is 3.41. The second-order valence-electron chi connectivity index (χ2n) is 3.94. The Labute approximate surface area is 73.5 Å². The molecule has 0 N–H and O–H groups in total. The molecule has 64 valence electrons. The van der Waals surface area contributed by atoms with E-state index in [9.17, 15) is 9.00 Å². The third kappa shape index (κ3) is 0.661. The van der Waals surface area contributed by atoms with Crippen molar-refractivity contribution in [3.8, 4) is 0 Å². The fraction of sp³-hybridized carbons (Fsp3) is 0.667. The third-order valence-corrected chi connectivity index (χ3v) is 4.93. The molecule has 1 unspecified atom stereocenters. The second-order valence-corrected chi connectivity index (χ2v) is 5.49. The molecule has 1 saturated carbocycles. The molecule has 3 rings (SSSR count). The van der Waals surface area contributed by atoms with Crippen LogP contribution in [0.4, 0.5) is 0 Å². The summed E-state index contributed by atoms with van der Waals surface area (Å²) >= 11 is 0. The molecule has 2 bridgehead atoms. The number of carbonyl (C=O) groups excluding carboxylic acids is 1. The van der Waals surface area contributed by atoms with Crippen LogP contribution >= 0.6 is 0 Å². The Balaban J connectivity index is 2.03. The molecule has 2 fully saturated rings. The van der Waals surface area contributed by atoms with Crippen LogP contribution in [0.2, 0.25) is 0 Å². The molecule has 2 aliphatic carbocycles. The molecular weight excluding hydrogens is 172 g/mol. The van der Waals surface area contributed by atoms with E-state index in [1.807, 2.05) is 12.2 Å². The molecule has 0 aromatic rings. The zero-order valence-corrected chi connectivity index (χ0v) is 7.42. The van der Waals surface area contributed by atoms with Crippen molar-refractivity contribution < 1.29 is 9.00 Å². The van der Waals surface area contributed by atoms with E-state index in [1.165, 1.54) is 0 Å². The first-order valence-corrected chi connectivity index (χ1v) is 5.83. The highest BCUT2D eigenvalue weighted by molar-refractivity contribution is 7.85. The standard InChI is InChI=1S/C9H10O2S/c10-9-5-1-2-6(9)8-4-12(11)3-7(5)8/h1-2,5-8H,3-4H2/t5-,6+,7+,8-,12?. The highest BCUT2D eigenvalue weighted by Crippen LogP contribution is 2.48. The van der Waals surface area contributed by atoms with Crippen LogP contribution in [-0.4, -0.2) is 21.5 Å². The first kappa shape index (κ1) is 7.01. The fourth-order valence-electron chi connectivity index (χ4n) is 2.84. The summed E-state index contributed by atoms with van der Waals surface area (Å²) in [6, 6.07) is 0. The maximum Gasteiger partial charge on any atom is 0.147 e. The van der Waals surface area contributed by atoms with E-state index in [-0.39, 0.29) is 11.8 Å². The molecule has 0 radical (unpaired) electrons. The molecule has 3 heteroatoms. The predicted octanol–water partition coefficient (Wildman–Crippen LogP) is 0.366. The van der Waals surface area contributed by atoms with Crippen LogP contribution in [0.15, 0.2) is 12.2 Å². The van der Waals surface area contributed by atoms with Gasteiger partial charge < -0.3 is 0 Å². The van der Waals surface area contributed by atoms with Gasteiger partial charge in [0, 0.05) is 34.1 Å². The van der Waals surface area contributed by atoms with Crippen molar-refractivity contribution >= 4 is 16.6 Å². The van der Waals surface area contributed by atoms with Gasteiger partial charge in [-0.1, -0.05) is 12.2 Å². The Morgan fingerprint density at radius 3 is 2.17 bits per heavy atom. The summed E-state index contributed by atoms with van der Waals surface area (Å²) in [5, 5.41) is 0. The van der Waals surface area contributed by atoms with Gasteiger partial charge in [-0.2, -0.15) is 0 Å². The quantitative estimate of drug-likeness (QED) is 0.507. The number of hydrogen-bond acceptors (Lipinski definition) is 2. The number of hydrogen-bond donors (Lipinski definition) is 0. The summed E-state index contributed by atoms with van der Waals surface area (Å²) in [5.41, 5.74) is 0. The van der Waals surface area contributed by atoms with E-state index >= 15 is 0 Å². The normalized spacial score (nSPS) is 55.0. The molecule has 3 aliphatic rings. The first-order chi connectivity index (χ1) is 5.77. The van der Waals surface area contributed by atoms with Crippen molar-refractivity contribution in [3.63, 3.8) is 0 Å². The topological polar surface area (TPSA) is 34.1 Å². The molecular formula is C9H10O2S. The summed E-state index contributed by atoms with van der Waals surface area (Å²) in [6.45, 7) is 0. The molecule has 0 spiro atoms. The largest absolute Gasteiger partial charge is 0.298 e. The number of Topliss-reactive ketones (excluding diaryl/α,β-unsaturated/α-hetero) is 1. The molecule has 1 heterocycles. The first-order valence-electron chi connectivity index (χ1n) is 4.34. The minimum absolute atomic E-state index is 0.131. The second kappa shape index (κ2) is 2.08. The maximum atomic E-state index is 11.5. The highest BCUT2D eigenvalue weighted by atomic mass is 32.2. The lowest BCUT2D eigenvalue weighted by atomic mass is 9.86. The van der Waals surface area contributed by atoms with Gasteiger partial charge in [-0.05, 0) is 11.8 Å². The summed E-state index contributed by atoms with van der Waals surface area (Å²) in [5.74, 6) is 3.03. The van der Waals surface area contributed by atoms with Crippen molar-refractivity contribution in [1.82, 2.24) is 0 Å². The highest BCUT2D eigenvalue weighted by Gasteiger charge is 2.54. The van der Waals surface area contributed by atoms with E-state index in [2.05, 4.69) is 0 Å². The summed E-state index contributed by atoms with van der Waals surface area (Å²) < 4.78 is 11.3. The Morgan fingerprint density at radius 1 is 1.17 bits per heavy atom. The number of carbonyl (C=O) groups is 1. The number of rotatable bonds is 0. The minimum Gasteiger partial charge on any atom is -0.298 e. The molecule has 0 aromatic carbocycles. The van der Waals surface area contributed by atoms with Crippen LogP contribution in [0.3, 0.4) is 0 Å². The van der Waals surface area contributed by atoms with Crippen LogP contribution < -0.4 is 0 Å². The van der Waals surface area contributed by atoms with E-state index in [4.69, 9.17) is 0 Å². The SMILES string of the molecule is O=C1[C@H]2C=C[C@@H]1[C@@H]1CS(=O)C[C@@H]12. The molecule has 0 amide bonds. The van der Waals surface area contributed by atoms with Crippen molar-refractivity contribution in [2.45, 2.75) is 0 Å². The number of allylic oxidation sites excluding steroid dienone is 2. The van der Waals surface area contributed by atoms with Gasteiger partial charge in [-0.25, -0.2) is 0 Å². The average Bonchev–Trinajstić information content (AvgIpc) is 2.60. The summed E-state index contributed by atoms with van der Waals surface area (Å²) in [6.07, 6.45) is 4.05. The molecule has 2 nitrogen and oxygen atoms in total. The Morgan fingerprint density at radius 2 is 1.67 bits per heavy atom. The fourth-order valence-corrected chi connectivity index (χ4v) is 4.75. The average molecular weight is 182 g/mol. The molecule has 5 atom stereocenters. The summed E-state index contributed by atoms with van der Waals surface area (Å²) in [4.78, 5) is 11.5. The van der Waals surface area contributed by atoms with Crippen molar-refractivity contribution in [2.24, 2.45) is 23.7 Å². The van der Waals surface area contributed by atoms with Gasteiger partial charge in [0.05, 0.1) is 0 Å². The van der Waals surface area contributed by atoms with Gasteiger partial charge in [-0.15, -0.1) is 0 Å². The zero-order chi connectivity index (χ0) is 8.29. The van der Waals surface area contributed by atoms with E-state index in [0.29, 0.717) is 17.6 Å². The van der Waals surface area contributed by atoms with Crippen LogP contribution in [0, 0.1) is 23.7 Å². The summed E-state index contributed by atoms with van der Waals surface area (Å²) in [7, 11) is -0.640. The van der Waals surface area contributed by atoms with Crippen LogP contribution in [0.1, 0.15) is 0 Å². The lowest BCUT2D eigenvalue weighted by molar-refractivity contribution is -0.121. The van der Waals surface area contributed by atoms with E-state index < -0.39 is 10.8 Å². The monoisotopic (exact) mass is 182 g/mol. The lowest BCUT2D eigenvalue weighted by Gasteiger charge is -2.15. The van der Waals surface area contributed by atoms with Crippen molar-refractivity contribution in [1.29, 1.82) is 0 Å². The zero-order valence-electron chi connectivity index (χ0n) is 6.60. The van der Waals surface area contributed by atoms with Crippen LogP contribution in [-0.2, 0) is 15.6 Å². The predicted molar refractivity (Wildman–Crippen MR) is 46.0 cm³/mol. The molecule has 1 saturated heterocycles. The van der Waals surface area contributed by atoms with Crippen molar-refractivity contribution in [3.05, 3.63) is 12.2 Å². The van der Waals surface area contributed by atoms with Gasteiger partial charge in [-0.3, -0.25) is 9.00 Å². The van der Waals surface area contributed by atoms with Gasteiger partial charge in [0.15, 0.2) is 0 Å². The van der Waals surface area contributed by atoms with Gasteiger partial charge in [0.2, 0.25) is 0 Å². The van der Waals surface area contributed by atoms with E-state index in [1.54, 1.807) is 0 Å². The van der Waals surface area contributed by atoms with Crippen LogP contribution in [0.5, 0.6) is 0 Å². The minimum atomic E-state index is -0.640. The lowest BCUT2D eigenvalue weighted by Crippen LogP contribution is -2.16. The molecule has 12 heavy (non-hydrogen) atoms. The van der Waals surface area contributed by atoms with Crippen molar-refractivity contribution in [2.75, 3.05) is 11.5 Å². The number of ketones is 1. The molecule has 0 aromatic heterocycles. The number of fused-ring (bicyclic) bond motifs is 5. The Bertz CT molecular complexity index is 282. The van der Waals surface area contributed by atoms with Gasteiger partial charge in [0.25, 0.3) is 0 Å². The van der Waals surface area contributed by atoms with Gasteiger partial charge in [0.1, 0.15) is 5.78 Å². The molecule has 1 aliphatic heterocycles. The Kier molecular flexibility index (Phi) is 1.21. The smallest absolute Gasteiger partial charge is 0.147 e. The van der Waals surface area contributed by atoms with Gasteiger partial charge >= 0.3 is 0 Å². The Hall–Kier alpha value is -0.440. The maximum absolute atomic E-state index is 11.5. The van der Waals surface area contributed by atoms with Crippen LogP contribution in [0.25, 0.3) is 0 Å². The van der Waals surface area contributed by atoms with E-state index in [0.717, 1.165) is 11.5 Å².